The van der Waals surface area contributed by atoms with Gasteiger partial charge in [0.1, 0.15) is 35.9 Å². The Kier molecular flexibility index (Phi) is 13.7. The molecular formula is C40H61F2N9O3. The van der Waals surface area contributed by atoms with Gasteiger partial charge < -0.3 is 39.8 Å². The highest BCUT2D eigenvalue weighted by molar-refractivity contribution is 5.84. The number of hydrogen-bond acceptors (Lipinski definition) is 11. The van der Waals surface area contributed by atoms with Crippen molar-refractivity contribution < 1.29 is 23.1 Å². The molecule has 2 aromatic rings. The molecule has 298 valence electrons. The zero-order valence-electron chi connectivity index (χ0n) is 32.6. The number of piperidine rings is 2. The first-order chi connectivity index (χ1) is 26.0. The van der Waals surface area contributed by atoms with Crippen LogP contribution in [0.3, 0.4) is 0 Å². The van der Waals surface area contributed by atoms with Crippen molar-refractivity contribution in [3.05, 3.63) is 41.7 Å². The maximum Gasteiger partial charge on any atom is 0.240 e. The van der Waals surface area contributed by atoms with Crippen molar-refractivity contribution in [1.29, 1.82) is 0 Å². The van der Waals surface area contributed by atoms with E-state index in [1.54, 1.807) is 11.2 Å². The minimum Gasteiger partial charge on any atom is -0.378 e. The summed E-state index contributed by atoms with van der Waals surface area (Å²) in [6.07, 6.45) is 7.74. The summed E-state index contributed by atoms with van der Waals surface area (Å²) in [5.74, 6) is 1.08. The van der Waals surface area contributed by atoms with Gasteiger partial charge in [0.15, 0.2) is 0 Å². The van der Waals surface area contributed by atoms with Gasteiger partial charge in [0.05, 0.1) is 31.0 Å². The van der Waals surface area contributed by atoms with Crippen LogP contribution in [0.1, 0.15) is 64.9 Å². The summed E-state index contributed by atoms with van der Waals surface area (Å²) in [4.78, 5) is 43.5. The monoisotopic (exact) mass is 753 g/mol. The molecule has 1 atom stereocenters. The van der Waals surface area contributed by atoms with Crippen molar-refractivity contribution in [3.8, 4) is 0 Å². The molecule has 4 saturated heterocycles. The SMILES string of the molecule is CCN(CCOCCNc1cc(N2CCC3(CC2)CN(c2cc(F)c(CN4CCC(C)(C)CC4)cc2F)CC(=O)N3)ncn1)CC1CCN(CCC=O)C1. The summed E-state index contributed by atoms with van der Waals surface area (Å²) < 4.78 is 37.0. The molecule has 14 heteroatoms. The number of nitrogens with one attached hydrogen (secondary N) is 2. The molecule has 1 aromatic heterocycles. The van der Waals surface area contributed by atoms with E-state index in [2.05, 4.69) is 61.0 Å². The van der Waals surface area contributed by atoms with Crippen molar-refractivity contribution in [1.82, 2.24) is 30.0 Å². The van der Waals surface area contributed by atoms with E-state index in [1.807, 2.05) is 6.07 Å². The Morgan fingerprint density at radius 2 is 1.80 bits per heavy atom. The number of anilines is 3. The van der Waals surface area contributed by atoms with Crippen LogP contribution < -0.4 is 20.4 Å². The van der Waals surface area contributed by atoms with Crippen molar-refractivity contribution in [2.75, 3.05) is 113 Å². The number of aldehydes is 1. The number of likely N-dealkylation sites (N-methyl/N-ethyl adjacent to an activating group) is 1. The Labute approximate surface area is 320 Å². The second-order valence-electron chi connectivity index (χ2n) is 16.6. The molecule has 4 aliphatic heterocycles. The van der Waals surface area contributed by atoms with Crippen molar-refractivity contribution in [2.24, 2.45) is 11.3 Å². The van der Waals surface area contributed by atoms with Gasteiger partial charge in [0.25, 0.3) is 0 Å². The average Bonchev–Trinajstić information content (AvgIpc) is 3.61. The van der Waals surface area contributed by atoms with Gasteiger partial charge in [-0.1, -0.05) is 20.8 Å². The van der Waals surface area contributed by atoms with E-state index in [0.29, 0.717) is 76.7 Å². The molecule has 1 unspecified atom stereocenters. The molecule has 5 heterocycles. The number of halogens is 2. The Hall–Kier alpha value is -3.46. The van der Waals surface area contributed by atoms with E-state index in [9.17, 15) is 9.59 Å². The van der Waals surface area contributed by atoms with Crippen LogP contribution in [0, 0.1) is 23.0 Å². The summed E-state index contributed by atoms with van der Waals surface area (Å²) in [5.41, 5.74) is 0.255. The van der Waals surface area contributed by atoms with Crippen molar-refractivity contribution >= 4 is 29.5 Å². The van der Waals surface area contributed by atoms with Crippen molar-refractivity contribution in [2.45, 2.75) is 71.4 Å². The summed E-state index contributed by atoms with van der Waals surface area (Å²) in [5, 5.41) is 6.55. The van der Waals surface area contributed by atoms with Crippen LogP contribution in [0.25, 0.3) is 0 Å². The normalized spacial score (nSPS) is 21.9. The molecule has 54 heavy (non-hydrogen) atoms. The minimum absolute atomic E-state index is 0.00648. The van der Waals surface area contributed by atoms with Gasteiger partial charge in [-0.3, -0.25) is 9.69 Å². The van der Waals surface area contributed by atoms with Gasteiger partial charge in [-0.15, -0.1) is 0 Å². The number of ether oxygens (including phenoxy) is 1. The van der Waals surface area contributed by atoms with E-state index in [0.717, 1.165) is 83.1 Å². The highest BCUT2D eigenvalue weighted by Gasteiger charge is 2.42. The predicted molar refractivity (Wildman–Crippen MR) is 208 cm³/mol. The number of aromatic nitrogens is 2. The van der Waals surface area contributed by atoms with Crippen LogP contribution in [0.2, 0.25) is 0 Å². The second-order valence-corrected chi connectivity index (χ2v) is 16.6. The zero-order valence-corrected chi connectivity index (χ0v) is 32.6. The largest absolute Gasteiger partial charge is 0.378 e. The molecule has 4 aliphatic rings. The van der Waals surface area contributed by atoms with E-state index in [4.69, 9.17) is 4.74 Å². The molecule has 1 aromatic carbocycles. The molecule has 0 saturated carbocycles. The minimum atomic E-state index is -0.540. The van der Waals surface area contributed by atoms with Crippen molar-refractivity contribution in [3.63, 3.8) is 0 Å². The topological polar surface area (TPSA) is 109 Å². The van der Waals surface area contributed by atoms with Gasteiger partial charge in [0.2, 0.25) is 5.91 Å². The summed E-state index contributed by atoms with van der Waals surface area (Å²) in [6.45, 7) is 18.4. The van der Waals surface area contributed by atoms with E-state index >= 15 is 8.78 Å². The fourth-order valence-corrected chi connectivity index (χ4v) is 8.49. The number of piperazine rings is 1. The van der Waals surface area contributed by atoms with Gasteiger partial charge in [-0.25, -0.2) is 18.7 Å². The molecular weight excluding hydrogens is 692 g/mol. The Morgan fingerprint density at radius 1 is 1.00 bits per heavy atom. The number of carbonyl (C=O) groups excluding carboxylic acids is 2. The maximum atomic E-state index is 15.6. The lowest BCUT2D eigenvalue weighted by Crippen LogP contribution is -2.66. The molecule has 0 bridgehead atoms. The van der Waals surface area contributed by atoms with Gasteiger partial charge >= 0.3 is 0 Å². The predicted octanol–water partition coefficient (Wildman–Crippen LogP) is 4.01. The molecule has 6 rings (SSSR count). The molecule has 1 spiro atoms. The van der Waals surface area contributed by atoms with Gasteiger partial charge in [-0.2, -0.15) is 0 Å². The van der Waals surface area contributed by atoms with Gasteiger partial charge in [0, 0.05) is 83.0 Å². The second kappa shape index (κ2) is 18.4. The lowest BCUT2D eigenvalue weighted by atomic mass is 9.82. The number of benzene rings is 1. The van der Waals surface area contributed by atoms with E-state index in [-0.39, 0.29) is 23.6 Å². The lowest BCUT2D eigenvalue weighted by molar-refractivity contribution is -0.123. The molecule has 12 nitrogen and oxygen atoms in total. The number of carbonyl (C=O) groups is 2. The summed E-state index contributed by atoms with van der Waals surface area (Å²) >= 11 is 0. The highest BCUT2D eigenvalue weighted by atomic mass is 19.1. The molecule has 4 fully saturated rings. The number of hydrogen-bond donors (Lipinski definition) is 2. The van der Waals surface area contributed by atoms with E-state index in [1.165, 1.54) is 18.6 Å². The zero-order chi connectivity index (χ0) is 38.1. The fraction of sp³-hybridized carbons (Fsp3) is 0.700. The van der Waals surface area contributed by atoms with Gasteiger partial charge in [-0.05, 0) is 75.7 Å². The van der Waals surface area contributed by atoms with E-state index < -0.39 is 17.2 Å². The third kappa shape index (κ3) is 10.9. The number of likely N-dealkylation sites (tertiary alicyclic amines) is 2. The first-order valence-corrected chi connectivity index (χ1v) is 20.1. The van der Waals surface area contributed by atoms with Crippen LogP contribution in [0.15, 0.2) is 24.5 Å². The molecule has 0 aliphatic carbocycles. The summed E-state index contributed by atoms with van der Waals surface area (Å²) in [6, 6.07) is 4.54. The maximum absolute atomic E-state index is 15.6. The molecule has 0 radical (unpaired) electrons. The Balaban J connectivity index is 0.936. The smallest absolute Gasteiger partial charge is 0.240 e. The quantitative estimate of drug-likeness (QED) is 0.181. The fourth-order valence-electron chi connectivity index (χ4n) is 8.49. The highest BCUT2D eigenvalue weighted by Crippen LogP contribution is 2.34. The van der Waals surface area contributed by atoms with Crippen LogP contribution >= 0.6 is 0 Å². The summed E-state index contributed by atoms with van der Waals surface area (Å²) in [7, 11) is 0. The first-order valence-electron chi connectivity index (χ1n) is 20.1. The van der Waals surface area contributed by atoms with Crippen LogP contribution in [-0.4, -0.2) is 141 Å². The van der Waals surface area contributed by atoms with Crippen LogP contribution in [0.4, 0.5) is 26.1 Å². The van der Waals surface area contributed by atoms with Crippen LogP contribution in [0.5, 0.6) is 0 Å². The first kappa shape index (κ1) is 40.2. The third-order valence-corrected chi connectivity index (χ3v) is 12.0. The van der Waals surface area contributed by atoms with Crippen LogP contribution in [-0.2, 0) is 20.9 Å². The number of amides is 1. The Bertz CT molecular complexity index is 1550. The third-order valence-electron chi connectivity index (χ3n) is 12.0. The average molecular weight is 754 g/mol. The lowest BCUT2D eigenvalue weighted by Gasteiger charge is -2.48. The molecule has 2 N–H and O–H groups in total. The number of nitrogens with zero attached hydrogens (tertiary/aromatic N) is 7. The molecule has 1 amide bonds. The number of rotatable bonds is 17. The Morgan fingerprint density at radius 3 is 2.56 bits per heavy atom. The standard InChI is InChI=1S/C40H61F2N9O3/c1-4-47(25-31-6-13-48(26-31)12-5-19-52)18-21-54-20-11-43-36-24-37(45-30-44-36)50-16-9-40(10-17-50)29-51(28-38(53)46-40)35-23-33(41)32(22-34(35)42)27-49-14-7-39(2,3)8-15-49/h19,22-24,30-31H,4-18,20-21,25-29H2,1-3H3,(H,46,53)(H,43,44,45).